The van der Waals surface area contributed by atoms with Gasteiger partial charge in [0.15, 0.2) is 0 Å². The van der Waals surface area contributed by atoms with Crippen molar-refractivity contribution in [2.45, 2.75) is 45.7 Å². The van der Waals surface area contributed by atoms with Crippen molar-refractivity contribution in [1.82, 2.24) is 19.9 Å². The molecule has 23 heavy (non-hydrogen) atoms. The zero-order chi connectivity index (χ0) is 16.2. The second-order valence-corrected chi connectivity index (χ2v) is 6.19. The number of nitrogens with two attached hydrogens (primary N) is 1. The molecule has 122 valence electrons. The van der Waals surface area contributed by atoms with Crippen molar-refractivity contribution < 1.29 is 0 Å². The Kier molecular flexibility index (Phi) is 4.71. The minimum Gasteiger partial charge on any atom is -0.368 e. The molecule has 0 amide bonds. The molecule has 0 radical (unpaired) electrons. The quantitative estimate of drug-likeness (QED) is 0.903. The van der Waals surface area contributed by atoms with Crippen molar-refractivity contribution in [2.75, 3.05) is 17.6 Å². The number of benzene rings is 1. The fraction of sp³-hybridized carbons (Fsp3) is 0.471. The predicted octanol–water partition coefficient (Wildman–Crippen LogP) is 2.88. The first-order valence-corrected chi connectivity index (χ1v) is 8.19. The maximum Gasteiger partial charge on any atom is 0.232 e. The van der Waals surface area contributed by atoms with E-state index in [0.29, 0.717) is 12.0 Å². The number of nitrogens with one attached hydrogen (secondary N) is 1. The monoisotopic (exact) mass is 312 g/mol. The van der Waals surface area contributed by atoms with Crippen LogP contribution in [0.5, 0.6) is 0 Å². The standard InChI is InChI=1S/C17H24N6/c1-12-7-3-4-9-14(12)19-17-21-15(20-16(18)22-17)11-23-10-6-5-8-13(23)2/h3-4,7,9,13H,5-6,8,10-11H2,1-2H3,(H3,18,19,20,21,22)/t13-/m0/s1. The molecule has 2 aromatic rings. The van der Waals surface area contributed by atoms with Crippen molar-refractivity contribution in [3.05, 3.63) is 35.7 Å². The number of hydrogen-bond donors (Lipinski definition) is 2. The van der Waals surface area contributed by atoms with Crippen LogP contribution in [0.15, 0.2) is 24.3 Å². The van der Waals surface area contributed by atoms with Gasteiger partial charge in [-0.15, -0.1) is 0 Å². The van der Waals surface area contributed by atoms with Gasteiger partial charge in [0.05, 0.1) is 6.54 Å². The van der Waals surface area contributed by atoms with Crippen molar-refractivity contribution in [3.8, 4) is 0 Å². The molecule has 3 rings (SSSR count). The molecule has 1 saturated heterocycles. The lowest BCUT2D eigenvalue weighted by Crippen LogP contribution is -2.37. The summed E-state index contributed by atoms with van der Waals surface area (Å²) in [5.41, 5.74) is 7.99. The van der Waals surface area contributed by atoms with Gasteiger partial charge in [-0.05, 0) is 44.9 Å². The van der Waals surface area contributed by atoms with Crippen molar-refractivity contribution in [3.63, 3.8) is 0 Å². The van der Waals surface area contributed by atoms with Crippen LogP contribution in [0, 0.1) is 6.92 Å². The summed E-state index contributed by atoms with van der Waals surface area (Å²) in [6, 6.07) is 8.60. The van der Waals surface area contributed by atoms with Crippen LogP contribution in [0.25, 0.3) is 0 Å². The molecule has 6 nitrogen and oxygen atoms in total. The smallest absolute Gasteiger partial charge is 0.232 e. The third-order valence-corrected chi connectivity index (χ3v) is 4.38. The predicted molar refractivity (Wildman–Crippen MR) is 92.4 cm³/mol. The SMILES string of the molecule is Cc1ccccc1Nc1nc(N)nc(CN2CCCC[C@@H]2C)n1. The average Bonchev–Trinajstić information content (AvgIpc) is 2.51. The topological polar surface area (TPSA) is 80.0 Å². The molecule has 0 saturated carbocycles. The molecular weight excluding hydrogens is 288 g/mol. The average molecular weight is 312 g/mol. The number of para-hydroxylation sites is 1. The summed E-state index contributed by atoms with van der Waals surface area (Å²) >= 11 is 0. The largest absolute Gasteiger partial charge is 0.368 e. The van der Waals surface area contributed by atoms with E-state index in [1.165, 1.54) is 19.3 Å². The first-order chi connectivity index (χ1) is 11.1. The minimum atomic E-state index is 0.260. The van der Waals surface area contributed by atoms with E-state index in [9.17, 15) is 0 Å². The van der Waals surface area contributed by atoms with Gasteiger partial charge in [0.25, 0.3) is 0 Å². The zero-order valence-electron chi connectivity index (χ0n) is 13.8. The Labute approximate surface area is 137 Å². The van der Waals surface area contributed by atoms with Crippen LogP contribution >= 0.6 is 0 Å². The Hall–Kier alpha value is -2.21. The summed E-state index contributed by atoms with van der Waals surface area (Å²) in [4.78, 5) is 15.5. The fourth-order valence-corrected chi connectivity index (χ4v) is 2.97. The lowest BCUT2D eigenvalue weighted by atomic mass is 10.0. The summed E-state index contributed by atoms with van der Waals surface area (Å²) in [6.07, 6.45) is 3.77. The molecule has 0 unspecified atom stereocenters. The summed E-state index contributed by atoms with van der Waals surface area (Å²) in [6.45, 7) is 6.11. The van der Waals surface area contributed by atoms with E-state index in [1.807, 2.05) is 31.2 Å². The molecule has 2 heterocycles. The summed E-state index contributed by atoms with van der Waals surface area (Å²) in [5, 5.41) is 3.24. The number of aromatic nitrogens is 3. The zero-order valence-corrected chi connectivity index (χ0v) is 13.8. The van der Waals surface area contributed by atoms with Gasteiger partial charge in [-0.25, -0.2) is 0 Å². The molecule has 0 aliphatic carbocycles. The van der Waals surface area contributed by atoms with Gasteiger partial charge in [0, 0.05) is 11.7 Å². The number of anilines is 3. The second kappa shape index (κ2) is 6.91. The maximum atomic E-state index is 5.87. The van der Waals surface area contributed by atoms with Crippen molar-refractivity contribution in [1.29, 1.82) is 0 Å². The molecule has 1 aromatic heterocycles. The summed E-state index contributed by atoms with van der Waals surface area (Å²) in [5.74, 6) is 1.49. The van der Waals surface area contributed by atoms with Crippen LogP contribution in [-0.2, 0) is 6.54 Å². The molecule has 0 spiro atoms. The lowest BCUT2D eigenvalue weighted by molar-refractivity contribution is 0.149. The Morgan fingerprint density at radius 3 is 2.83 bits per heavy atom. The highest BCUT2D eigenvalue weighted by Gasteiger charge is 2.19. The Morgan fingerprint density at radius 1 is 1.22 bits per heavy atom. The Morgan fingerprint density at radius 2 is 2.04 bits per heavy atom. The first kappa shape index (κ1) is 15.7. The van der Waals surface area contributed by atoms with Crippen LogP contribution in [-0.4, -0.2) is 32.4 Å². The molecule has 0 bridgehead atoms. The molecule has 1 aliphatic heterocycles. The van der Waals surface area contributed by atoms with Gasteiger partial charge in [-0.1, -0.05) is 24.6 Å². The van der Waals surface area contributed by atoms with E-state index < -0.39 is 0 Å². The van der Waals surface area contributed by atoms with E-state index in [1.54, 1.807) is 0 Å². The molecule has 1 atom stereocenters. The maximum absolute atomic E-state index is 5.87. The van der Waals surface area contributed by atoms with Gasteiger partial charge in [-0.3, -0.25) is 4.90 Å². The number of rotatable bonds is 4. The van der Waals surface area contributed by atoms with Gasteiger partial charge < -0.3 is 11.1 Å². The van der Waals surface area contributed by atoms with Crippen LogP contribution in [0.3, 0.4) is 0 Å². The van der Waals surface area contributed by atoms with Crippen LogP contribution in [0.4, 0.5) is 17.6 Å². The number of aryl methyl sites for hydroxylation is 1. The highest BCUT2D eigenvalue weighted by Crippen LogP contribution is 2.20. The molecule has 3 N–H and O–H groups in total. The molecule has 1 aliphatic rings. The highest BCUT2D eigenvalue weighted by atomic mass is 15.2. The normalized spacial score (nSPS) is 18.8. The number of likely N-dealkylation sites (tertiary alicyclic amines) is 1. The summed E-state index contributed by atoms with van der Waals surface area (Å²) < 4.78 is 0. The fourth-order valence-electron chi connectivity index (χ4n) is 2.97. The summed E-state index contributed by atoms with van der Waals surface area (Å²) in [7, 11) is 0. The molecule has 1 fully saturated rings. The van der Waals surface area contributed by atoms with E-state index >= 15 is 0 Å². The van der Waals surface area contributed by atoms with Gasteiger partial charge in [-0.2, -0.15) is 15.0 Å². The Bertz CT molecular complexity index is 672. The lowest BCUT2D eigenvalue weighted by Gasteiger charge is -2.32. The minimum absolute atomic E-state index is 0.260. The number of hydrogen-bond acceptors (Lipinski definition) is 6. The van der Waals surface area contributed by atoms with E-state index in [-0.39, 0.29) is 5.95 Å². The third-order valence-electron chi connectivity index (χ3n) is 4.38. The number of piperidine rings is 1. The first-order valence-electron chi connectivity index (χ1n) is 8.19. The molecule has 1 aromatic carbocycles. The van der Waals surface area contributed by atoms with E-state index in [4.69, 9.17) is 5.73 Å². The van der Waals surface area contributed by atoms with Crippen LogP contribution in [0.2, 0.25) is 0 Å². The Balaban J connectivity index is 1.77. The number of nitrogens with zero attached hydrogens (tertiary/aromatic N) is 4. The van der Waals surface area contributed by atoms with E-state index in [0.717, 1.165) is 30.2 Å². The van der Waals surface area contributed by atoms with Gasteiger partial charge in [0.2, 0.25) is 11.9 Å². The van der Waals surface area contributed by atoms with Crippen LogP contribution in [0.1, 0.15) is 37.6 Å². The third kappa shape index (κ3) is 3.96. The van der Waals surface area contributed by atoms with Crippen LogP contribution < -0.4 is 11.1 Å². The van der Waals surface area contributed by atoms with Gasteiger partial charge in [0.1, 0.15) is 5.82 Å². The van der Waals surface area contributed by atoms with Gasteiger partial charge >= 0.3 is 0 Å². The second-order valence-electron chi connectivity index (χ2n) is 6.19. The molecular formula is C17H24N6. The highest BCUT2D eigenvalue weighted by molar-refractivity contribution is 5.58. The van der Waals surface area contributed by atoms with E-state index in [2.05, 4.69) is 32.1 Å². The number of nitrogen functional groups attached to an aromatic ring is 1. The van der Waals surface area contributed by atoms with Crippen molar-refractivity contribution >= 4 is 17.6 Å². The van der Waals surface area contributed by atoms with Crippen molar-refractivity contribution in [2.24, 2.45) is 0 Å². The molecule has 6 heteroatoms.